The van der Waals surface area contributed by atoms with E-state index in [0.29, 0.717) is 13.0 Å². The molecule has 0 aliphatic carbocycles. The van der Waals surface area contributed by atoms with Crippen LogP contribution in [0.2, 0.25) is 5.02 Å². The van der Waals surface area contributed by atoms with E-state index in [2.05, 4.69) is 15.9 Å². The second-order valence-corrected chi connectivity index (χ2v) is 7.97. The molecule has 0 saturated carbocycles. The molecule has 2 aromatic rings. The summed E-state index contributed by atoms with van der Waals surface area (Å²) >= 11 is 9.31. The van der Waals surface area contributed by atoms with Gasteiger partial charge in [0.15, 0.2) is 0 Å². The standard InChI is InChI=1S/C15H15BrClNO2S/c1-18(10-9-12-5-3-2-4-6-12)21(19,20)15-8-7-13(16)11-14(15)17/h2-8,11H,9-10H2,1H3. The van der Waals surface area contributed by atoms with Gasteiger partial charge >= 0.3 is 0 Å². The van der Waals surface area contributed by atoms with Crippen LogP contribution in [0.1, 0.15) is 5.56 Å². The molecule has 2 rings (SSSR count). The minimum Gasteiger partial charge on any atom is -0.207 e. The molecule has 6 heteroatoms. The number of rotatable bonds is 5. The van der Waals surface area contributed by atoms with E-state index in [0.717, 1.165) is 10.0 Å². The van der Waals surface area contributed by atoms with Gasteiger partial charge in [-0.25, -0.2) is 12.7 Å². The third kappa shape index (κ3) is 4.07. The Hall–Kier alpha value is -0.880. The Kier molecular flexibility index (Phi) is 5.43. The number of hydrogen-bond acceptors (Lipinski definition) is 2. The minimum atomic E-state index is -3.58. The van der Waals surface area contributed by atoms with Gasteiger partial charge in [-0.05, 0) is 30.2 Å². The molecule has 0 aliphatic rings. The number of likely N-dealkylation sites (N-methyl/N-ethyl adjacent to an activating group) is 1. The molecule has 0 fully saturated rings. The molecule has 112 valence electrons. The maximum absolute atomic E-state index is 12.5. The Bertz CT molecular complexity index is 720. The van der Waals surface area contributed by atoms with Gasteiger partial charge in [0.1, 0.15) is 4.90 Å². The molecule has 3 nitrogen and oxygen atoms in total. The van der Waals surface area contributed by atoms with Crippen molar-refractivity contribution in [3.05, 3.63) is 63.6 Å². The van der Waals surface area contributed by atoms with Crippen LogP contribution < -0.4 is 0 Å². The Morgan fingerprint density at radius 1 is 1.14 bits per heavy atom. The van der Waals surface area contributed by atoms with Crippen molar-refractivity contribution in [2.24, 2.45) is 0 Å². The van der Waals surface area contributed by atoms with E-state index in [1.54, 1.807) is 19.2 Å². The van der Waals surface area contributed by atoms with Crippen molar-refractivity contribution >= 4 is 37.6 Å². The molecular formula is C15H15BrClNO2S. The maximum Gasteiger partial charge on any atom is 0.244 e. The lowest BCUT2D eigenvalue weighted by Gasteiger charge is -2.18. The summed E-state index contributed by atoms with van der Waals surface area (Å²) in [5.74, 6) is 0. The zero-order valence-electron chi connectivity index (χ0n) is 11.5. The topological polar surface area (TPSA) is 37.4 Å². The SMILES string of the molecule is CN(CCc1ccccc1)S(=O)(=O)c1ccc(Br)cc1Cl. The summed E-state index contributed by atoms with van der Waals surface area (Å²) in [6, 6.07) is 14.5. The van der Waals surface area contributed by atoms with Crippen LogP contribution in [0.5, 0.6) is 0 Å². The fraction of sp³-hybridized carbons (Fsp3) is 0.200. The van der Waals surface area contributed by atoms with Crippen LogP contribution in [0.25, 0.3) is 0 Å². The number of hydrogen-bond donors (Lipinski definition) is 0. The normalized spacial score (nSPS) is 11.8. The van der Waals surface area contributed by atoms with E-state index < -0.39 is 10.0 Å². The number of nitrogens with zero attached hydrogens (tertiary/aromatic N) is 1. The van der Waals surface area contributed by atoms with Crippen LogP contribution in [0, 0.1) is 0 Å². The molecule has 0 saturated heterocycles. The van der Waals surface area contributed by atoms with Crippen LogP contribution in [-0.4, -0.2) is 26.3 Å². The Labute approximate surface area is 138 Å². The second kappa shape index (κ2) is 6.92. The molecule has 0 aromatic heterocycles. The molecule has 0 amide bonds. The average Bonchev–Trinajstić information content (AvgIpc) is 2.45. The fourth-order valence-electron chi connectivity index (χ4n) is 1.90. The predicted octanol–water partition coefficient (Wildman–Crippen LogP) is 3.97. The summed E-state index contributed by atoms with van der Waals surface area (Å²) in [5.41, 5.74) is 1.10. The van der Waals surface area contributed by atoms with Gasteiger partial charge in [-0.2, -0.15) is 0 Å². The lowest BCUT2D eigenvalue weighted by atomic mass is 10.2. The third-order valence-corrected chi connectivity index (χ3v) is 5.97. The van der Waals surface area contributed by atoms with Crippen molar-refractivity contribution < 1.29 is 8.42 Å². The average molecular weight is 389 g/mol. The lowest BCUT2D eigenvalue weighted by molar-refractivity contribution is 0.472. The maximum atomic E-state index is 12.5. The molecule has 2 aromatic carbocycles. The fourth-order valence-corrected chi connectivity index (χ4v) is 4.08. The second-order valence-electron chi connectivity index (χ2n) is 4.64. The monoisotopic (exact) mass is 387 g/mol. The molecule has 0 spiro atoms. The van der Waals surface area contributed by atoms with Gasteiger partial charge in [-0.3, -0.25) is 0 Å². The zero-order chi connectivity index (χ0) is 15.5. The first-order valence-electron chi connectivity index (χ1n) is 6.36. The molecule has 0 unspecified atom stereocenters. The summed E-state index contributed by atoms with van der Waals surface area (Å²) in [6.07, 6.45) is 0.657. The summed E-state index contributed by atoms with van der Waals surface area (Å²) in [4.78, 5) is 0.128. The van der Waals surface area contributed by atoms with E-state index in [4.69, 9.17) is 11.6 Å². The summed E-state index contributed by atoms with van der Waals surface area (Å²) < 4.78 is 27.1. The summed E-state index contributed by atoms with van der Waals surface area (Å²) in [7, 11) is -2.01. The van der Waals surface area contributed by atoms with Crippen molar-refractivity contribution in [3.8, 4) is 0 Å². The Balaban J connectivity index is 2.15. The van der Waals surface area contributed by atoms with E-state index in [-0.39, 0.29) is 9.92 Å². The van der Waals surface area contributed by atoms with E-state index in [9.17, 15) is 8.42 Å². The highest BCUT2D eigenvalue weighted by molar-refractivity contribution is 9.10. The lowest BCUT2D eigenvalue weighted by Crippen LogP contribution is -2.29. The van der Waals surface area contributed by atoms with Crippen LogP contribution >= 0.6 is 27.5 Å². The molecular weight excluding hydrogens is 374 g/mol. The van der Waals surface area contributed by atoms with Gasteiger partial charge < -0.3 is 0 Å². The van der Waals surface area contributed by atoms with Crippen molar-refractivity contribution in [3.63, 3.8) is 0 Å². The van der Waals surface area contributed by atoms with Crippen molar-refractivity contribution in [1.29, 1.82) is 0 Å². The minimum absolute atomic E-state index is 0.128. The van der Waals surface area contributed by atoms with E-state index >= 15 is 0 Å². The highest BCUT2D eigenvalue weighted by Gasteiger charge is 2.23. The van der Waals surface area contributed by atoms with Crippen molar-refractivity contribution in [1.82, 2.24) is 4.31 Å². The highest BCUT2D eigenvalue weighted by atomic mass is 79.9. The number of sulfonamides is 1. The van der Waals surface area contributed by atoms with Crippen LogP contribution in [0.4, 0.5) is 0 Å². The smallest absolute Gasteiger partial charge is 0.207 e. The quantitative estimate of drug-likeness (QED) is 0.777. The van der Waals surface area contributed by atoms with Crippen molar-refractivity contribution in [2.45, 2.75) is 11.3 Å². The van der Waals surface area contributed by atoms with Gasteiger partial charge in [-0.1, -0.05) is 57.9 Å². The Morgan fingerprint density at radius 3 is 2.43 bits per heavy atom. The van der Waals surface area contributed by atoms with Gasteiger partial charge in [0, 0.05) is 18.1 Å². The third-order valence-electron chi connectivity index (χ3n) is 3.14. The number of halogens is 2. The molecule has 0 bridgehead atoms. The van der Waals surface area contributed by atoms with E-state index in [1.165, 1.54) is 10.4 Å². The molecule has 0 atom stereocenters. The van der Waals surface area contributed by atoms with Gasteiger partial charge in [0.25, 0.3) is 0 Å². The first-order chi connectivity index (χ1) is 9.91. The largest absolute Gasteiger partial charge is 0.244 e. The molecule has 0 heterocycles. The number of benzene rings is 2. The van der Waals surface area contributed by atoms with Gasteiger partial charge in [0.2, 0.25) is 10.0 Å². The molecule has 0 aliphatic heterocycles. The van der Waals surface area contributed by atoms with Crippen molar-refractivity contribution in [2.75, 3.05) is 13.6 Å². The molecule has 0 N–H and O–H groups in total. The van der Waals surface area contributed by atoms with Crippen LogP contribution in [0.15, 0.2) is 57.9 Å². The van der Waals surface area contributed by atoms with Gasteiger partial charge in [0.05, 0.1) is 5.02 Å². The van der Waals surface area contributed by atoms with Crippen LogP contribution in [0.3, 0.4) is 0 Å². The van der Waals surface area contributed by atoms with E-state index in [1.807, 2.05) is 30.3 Å². The molecule has 0 radical (unpaired) electrons. The van der Waals surface area contributed by atoms with Crippen LogP contribution in [-0.2, 0) is 16.4 Å². The zero-order valence-corrected chi connectivity index (χ0v) is 14.6. The predicted molar refractivity (Wildman–Crippen MR) is 89.1 cm³/mol. The summed E-state index contributed by atoms with van der Waals surface area (Å²) in [6.45, 7) is 0.402. The Morgan fingerprint density at radius 2 is 1.81 bits per heavy atom. The first kappa shape index (κ1) is 16.5. The van der Waals surface area contributed by atoms with Gasteiger partial charge in [-0.15, -0.1) is 0 Å². The molecule has 21 heavy (non-hydrogen) atoms. The first-order valence-corrected chi connectivity index (χ1v) is 8.97. The highest BCUT2D eigenvalue weighted by Crippen LogP contribution is 2.27. The summed E-state index contributed by atoms with van der Waals surface area (Å²) in [5, 5.41) is 0.218.